The zero-order chi connectivity index (χ0) is 32.7. The van der Waals surface area contributed by atoms with Crippen LogP contribution in [-0.4, -0.2) is 66.1 Å². The van der Waals surface area contributed by atoms with Gasteiger partial charge in [0.25, 0.3) is 12.3 Å². The summed E-state index contributed by atoms with van der Waals surface area (Å²) >= 11 is 0. The van der Waals surface area contributed by atoms with E-state index in [-0.39, 0.29) is 41.9 Å². The van der Waals surface area contributed by atoms with Crippen LogP contribution in [0.4, 0.5) is 30.7 Å². The minimum absolute atomic E-state index is 0.00315. The molecule has 2 amide bonds. The fourth-order valence-electron chi connectivity index (χ4n) is 6.10. The van der Waals surface area contributed by atoms with E-state index in [1.54, 1.807) is 19.2 Å². The molecular weight excluding hydrogens is 613 g/mol. The Kier molecular flexibility index (Phi) is 8.83. The van der Waals surface area contributed by atoms with Gasteiger partial charge in [0.05, 0.1) is 22.7 Å². The summed E-state index contributed by atoms with van der Waals surface area (Å²) in [6.45, 7) is 3.60. The Balaban J connectivity index is 1.50. The first-order valence-corrected chi connectivity index (χ1v) is 14.7. The third-order valence-electron chi connectivity index (χ3n) is 8.69. The highest BCUT2D eigenvalue weighted by atomic mass is 19.3. The number of fused-ring (bicyclic) bond motifs is 1. The average Bonchev–Trinajstić information content (AvgIpc) is 3.64. The Morgan fingerprint density at radius 1 is 0.933 bits per heavy atom. The van der Waals surface area contributed by atoms with Gasteiger partial charge in [-0.25, -0.2) is 50.4 Å². The van der Waals surface area contributed by atoms with Gasteiger partial charge in [-0.15, -0.1) is 0 Å². The summed E-state index contributed by atoms with van der Waals surface area (Å²) in [5.74, 6) is -8.05. The molecule has 2 aliphatic rings. The second-order valence-electron chi connectivity index (χ2n) is 12.1. The Bertz CT molecular complexity index is 1520. The van der Waals surface area contributed by atoms with Gasteiger partial charge in [0, 0.05) is 31.7 Å². The van der Waals surface area contributed by atoms with Gasteiger partial charge in [-0.1, -0.05) is 0 Å². The Hall–Kier alpha value is -3.79. The maximum atomic E-state index is 14.1. The Labute approximate surface area is 253 Å². The predicted molar refractivity (Wildman–Crippen MR) is 146 cm³/mol. The number of hydrogen-bond donors (Lipinski definition) is 3. The van der Waals surface area contributed by atoms with E-state index >= 15 is 0 Å². The van der Waals surface area contributed by atoms with Gasteiger partial charge >= 0.3 is 0 Å². The van der Waals surface area contributed by atoms with Crippen molar-refractivity contribution in [3.63, 3.8) is 0 Å². The van der Waals surface area contributed by atoms with E-state index in [1.807, 2.05) is 0 Å². The largest absolute Gasteiger partial charge is 0.339 e. The molecule has 45 heavy (non-hydrogen) atoms. The molecular formula is C28H33F7N8O2. The van der Waals surface area contributed by atoms with Crippen molar-refractivity contribution in [2.75, 3.05) is 0 Å². The van der Waals surface area contributed by atoms with E-state index in [0.717, 1.165) is 0 Å². The minimum Gasteiger partial charge on any atom is -0.339 e. The molecule has 0 aromatic carbocycles. The molecule has 0 aliphatic heterocycles. The van der Waals surface area contributed by atoms with E-state index in [0.29, 0.717) is 5.52 Å². The summed E-state index contributed by atoms with van der Waals surface area (Å²) in [5, 5.41) is 8.50. The molecule has 246 valence electrons. The van der Waals surface area contributed by atoms with Crippen molar-refractivity contribution in [1.29, 1.82) is 0 Å². The second-order valence-corrected chi connectivity index (χ2v) is 12.1. The van der Waals surface area contributed by atoms with Crippen molar-refractivity contribution in [1.82, 2.24) is 40.3 Å². The first-order chi connectivity index (χ1) is 21.1. The van der Waals surface area contributed by atoms with Crippen molar-refractivity contribution in [3.05, 3.63) is 35.8 Å². The molecule has 1 unspecified atom stereocenters. The maximum absolute atomic E-state index is 14.1. The van der Waals surface area contributed by atoms with Gasteiger partial charge in [0.15, 0.2) is 5.65 Å². The lowest BCUT2D eigenvalue weighted by atomic mass is 9.69. The lowest BCUT2D eigenvalue weighted by molar-refractivity contribution is -0.136. The molecule has 3 heterocycles. The number of rotatable bonds is 9. The molecule has 2 aliphatic carbocycles. The SMILES string of the molecule is CC(C)n1ncnc1C(=O)N[C@H](c1nc2nc(C3(C(=O)NC(F)C(F)F)CCC(F)(F)CC3)ccc2[nH]1)C1CCC(F)(F)CC1. The number of alkyl halides is 7. The van der Waals surface area contributed by atoms with Crippen molar-refractivity contribution < 1.29 is 40.3 Å². The molecule has 0 saturated heterocycles. The number of amides is 2. The summed E-state index contributed by atoms with van der Waals surface area (Å²) in [6.07, 6.45) is -8.45. The zero-order valence-electron chi connectivity index (χ0n) is 24.5. The number of hydrogen-bond acceptors (Lipinski definition) is 6. The van der Waals surface area contributed by atoms with E-state index in [9.17, 15) is 40.3 Å². The number of nitrogens with zero attached hydrogens (tertiary/aromatic N) is 5. The predicted octanol–water partition coefficient (Wildman–Crippen LogP) is 5.55. The van der Waals surface area contributed by atoms with Crippen molar-refractivity contribution in [3.8, 4) is 0 Å². The van der Waals surface area contributed by atoms with Crippen LogP contribution in [0.25, 0.3) is 11.2 Å². The second kappa shape index (κ2) is 12.2. The summed E-state index contributed by atoms with van der Waals surface area (Å²) in [7, 11) is 0. The van der Waals surface area contributed by atoms with Gasteiger partial charge in [-0.3, -0.25) is 9.59 Å². The number of H-pyrrole nitrogens is 1. The number of pyridine rings is 1. The minimum atomic E-state index is -3.53. The van der Waals surface area contributed by atoms with Crippen LogP contribution in [0.15, 0.2) is 18.5 Å². The molecule has 2 fully saturated rings. The quantitative estimate of drug-likeness (QED) is 0.207. The molecule has 0 radical (unpaired) electrons. The zero-order valence-corrected chi connectivity index (χ0v) is 24.5. The lowest BCUT2D eigenvalue weighted by Gasteiger charge is -2.38. The van der Waals surface area contributed by atoms with Crippen LogP contribution in [0.5, 0.6) is 0 Å². The molecule has 3 N–H and O–H groups in total. The number of carbonyl (C=O) groups is 2. The molecule has 5 rings (SSSR count). The summed E-state index contributed by atoms with van der Waals surface area (Å²) in [5.41, 5.74) is -1.58. The lowest BCUT2D eigenvalue weighted by Crippen LogP contribution is -2.52. The van der Waals surface area contributed by atoms with Crippen LogP contribution in [-0.2, 0) is 10.2 Å². The monoisotopic (exact) mass is 646 g/mol. The van der Waals surface area contributed by atoms with Crippen molar-refractivity contribution >= 4 is 23.0 Å². The van der Waals surface area contributed by atoms with E-state index in [4.69, 9.17) is 0 Å². The van der Waals surface area contributed by atoms with Crippen LogP contribution < -0.4 is 10.6 Å². The Morgan fingerprint density at radius 2 is 1.58 bits per heavy atom. The molecule has 10 nitrogen and oxygen atoms in total. The van der Waals surface area contributed by atoms with E-state index in [1.165, 1.54) is 23.1 Å². The number of halogens is 7. The smallest absolute Gasteiger partial charge is 0.289 e. The van der Waals surface area contributed by atoms with E-state index < -0.39 is 92.3 Å². The number of imidazole rings is 1. The number of carbonyl (C=O) groups excluding carboxylic acids is 2. The standard InChI is InChI=1S/C28H33F7N8O2/c1-14(2)43-23(36-13-37-43)24(44)40-18(15-5-7-27(32,33)8-6-15)22-38-16-3-4-17(39-21(16)42-22)26(9-11-28(34,35)12-10-26)25(45)41-20(31)19(29)30/h3-4,13-15,18-20H,5-12H2,1-2H3,(H,40,44)(H,41,45)(H,38,39,42)/t18-,20?/m0/s1. The van der Waals surface area contributed by atoms with Crippen molar-refractivity contribution in [2.24, 2.45) is 5.92 Å². The molecule has 3 aromatic rings. The van der Waals surface area contributed by atoms with Crippen LogP contribution >= 0.6 is 0 Å². The topological polar surface area (TPSA) is 130 Å². The maximum Gasteiger partial charge on any atom is 0.289 e. The van der Waals surface area contributed by atoms with Crippen LogP contribution in [0.3, 0.4) is 0 Å². The molecule has 3 aromatic heterocycles. The highest BCUT2D eigenvalue weighted by Gasteiger charge is 2.51. The van der Waals surface area contributed by atoms with Gasteiger partial charge in [-0.05, 0) is 57.6 Å². The van der Waals surface area contributed by atoms with Gasteiger partial charge in [0.2, 0.25) is 29.9 Å². The van der Waals surface area contributed by atoms with Gasteiger partial charge in [-0.2, -0.15) is 5.10 Å². The number of nitrogens with one attached hydrogen (secondary N) is 3. The third-order valence-corrected chi connectivity index (χ3v) is 8.69. The average molecular weight is 647 g/mol. The fraction of sp³-hybridized carbons (Fsp3) is 0.643. The van der Waals surface area contributed by atoms with Crippen LogP contribution in [0.2, 0.25) is 0 Å². The number of aromatic amines is 1. The van der Waals surface area contributed by atoms with Crippen molar-refractivity contribution in [2.45, 2.75) is 107 Å². The highest BCUT2D eigenvalue weighted by molar-refractivity contribution is 5.91. The molecule has 0 bridgehead atoms. The van der Waals surface area contributed by atoms with Gasteiger partial charge < -0.3 is 15.6 Å². The Morgan fingerprint density at radius 3 is 2.20 bits per heavy atom. The normalized spacial score (nSPS) is 21.1. The first kappa shape index (κ1) is 32.6. The molecule has 2 atom stereocenters. The summed E-state index contributed by atoms with van der Waals surface area (Å²) < 4.78 is 97.4. The fourth-order valence-corrected chi connectivity index (χ4v) is 6.10. The van der Waals surface area contributed by atoms with E-state index in [2.05, 4.69) is 30.4 Å². The first-order valence-electron chi connectivity index (χ1n) is 14.7. The summed E-state index contributed by atoms with van der Waals surface area (Å²) in [4.78, 5) is 42.5. The molecule has 0 spiro atoms. The third kappa shape index (κ3) is 6.76. The van der Waals surface area contributed by atoms with Crippen LogP contribution in [0, 0.1) is 5.92 Å². The van der Waals surface area contributed by atoms with Gasteiger partial charge in [0.1, 0.15) is 12.2 Å². The number of aromatic nitrogens is 6. The highest BCUT2D eigenvalue weighted by Crippen LogP contribution is 2.46. The molecule has 17 heteroatoms. The molecule has 2 saturated carbocycles. The summed E-state index contributed by atoms with van der Waals surface area (Å²) in [6, 6.07) is 1.71. The van der Waals surface area contributed by atoms with Crippen LogP contribution in [0.1, 0.15) is 99.4 Å².